The fraction of sp³-hybridized carbons (Fsp3) is 0.211. The largest absolute Gasteiger partial charge is 0.366 e. The summed E-state index contributed by atoms with van der Waals surface area (Å²) in [6.45, 7) is 1.41. The second-order valence-electron chi connectivity index (χ2n) is 6.09. The third-order valence-electron chi connectivity index (χ3n) is 4.39. The Kier molecular flexibility index (Phi) is 5.35. The Balaban J connectivity index is 1.62. The van der Waals surface area contributed by atoms with Crippen LogP contribution in [-0.4, -0.2) is 48.8 Å². The number of carbonyl (C=O) groups is 3. The summed E-state index contributed by atoms with van der Waals surface area (Å²) in [6.07, 6.45) is 0. The van der Waals surface area contributed by atoms with Gasteiger partial charge in [-0.2, -0.15) is 0 Å². The van der Waals surface area contributed by atoms with Crippen LogP contribution in [0.1, 0.15) is 10.4 Å². The summed E-state index contributed by atoms with van der Waals surface area (Å²) < 4.78 is 13.9. The molecule has 2 aromatic carbocycles. The van der Waals surface area contributed by atoms with Crippen LogP contribution in [-0.2, 0) is 9.59 Å². The molecule has 0 unspecified atom stereocenters. The van der Waals surface area contributed by atoms with Gasteiger partial charge in [0.05, 0.1) is 16.9 Å². The maximum absolute atomic E-state index is 13.9. The third-order valence-corrected chi connectivity index (χ3v) is 4.39. The van der Waals surface area contributed by atoms with Gasteiger partial charge in [-0.15, -0.1) is 0 Å². The molecule has 0 radical (unpaired) electrons. The highest BCUT2D eigenvalue weighted by atomic mass is 19.1. The van der Waals surface area contributed by atoms with Crippen molar-refractivity contribution in [2.24, 2.45) is 5.73 Å². The van der Waals surface area contributed by atoms with Crippen molar-refractivity contribution >= 4 is 29.1 Å². The van der Waals surface area contributed by atoms with Crippen LogP contribution in [0.25, 0.3) is 0 Å². The van der Waals surface area contributed by atoms with E-state index in [9.17, 15) is 18.8 Å². The third kappa shape index (κ3) is 4.05. The number of hydrogen-bond acceptors (Lipinski definition) is 4. The topological polar surface area (TPSA) is 95.7 Å². The van der Waals surface area contributed by atoms with Gasteiger partial charge in [-0.05, 0) is 24.3 Å². The number of nitrogens with zero attached hydrogens (tertiary/aromatic N) is 2. The van der Waals surface area contributed by atoms with Crippen LogP contribution >= 0.6 is 0 Å². The van der Waals surface area contributed by atoms with Crippen molar-refractivity contribution in [1.29, 1.82) is 0 Å². The van der Waals surface area contributed by atoms with Crippen molar-refractivity contribution in [3.05, 3.63) is 59.9 Å². The highest BCUT2D eigenvalue weighted by Crippen LogP contribution is 2.20. The highest BCUT2D eigenvalue weighted by Gasteiger charge is 2.27. The van der Waals surface area contributed by atoms with Gasteiger partial charge in [0, 0.05) is 26.2 Å². The van der Waals surface area contributed by atoms with E-state index in [-0.39, 0.29) is 30.2 Å². The fourth-order valence-electron chi connectivity index (χ4n) is 2.98. The molecule has 0 aromatic heterocycles. The van der Waals surface area contributed by atoms with E-state index < -0.39 is 17.7 Å². The molecule has 140 valence electrons. The molecule has 2 aromatic rings. The van der Waals surface area contributed by atoms with Crippen LogP contribution in [0.4, 0.5) is 15.8 Å². The minimum atomic E-state index is -0.844. The van der Waals surface area contributed by atoms with Gasteiger partial charge in [0.15, 0.2) is 0 Å². The van der Waals surface area contributed by atoms with Gasteiger partial charge in [0.2, 0.25) is 0 Å². The van der Waals surface area contributed by atoms with Gasteiger partial charge in [-0.1, -0.05) is 24.3 Å². The Labute approximate surface area is 155 Å². The molecule has 0 bridgehead atoms. The normalized spacial score (nSPS) is 14.0. The maximum atomic E-state index is 13.9. The number of amides is 3. The predicted molar refractivity (Wildman–Crippen MR) is 98.8 cm³/mol. The van der Waals surface area contributed by atoms with E-state index in [1.807, 2.05) is 4.90 Å². The lowest BCUT2D eigenvalue weighted by atomic mass is 10.1. The molecule has 27 heavy (non-hydrogen) atoms. The number of nitrogens with one attached hydrogen (secondary N) is 1. The standard InChI is InChI=1S/C19H19FN4O3/c20-14-6-2-4-8-16(14)23-9-11-24(12-10-23)19(27)18(26)22-15-7-3-1-5-13(15)17(21)25/h1-8H,9-12H2,(H2,21,25)(H,22,26). The second kappa shape index (κ2) is 7.86. The number of rotatable bonds is 3. The van der Waals surface area contributed by atoms with E-state index in [4.69, 9.17) is 5.73 Å². The minimum absolute atomic E-state index is 0.128. The lowest BCUT2D eigenvalue weighted by Gasteiger charge is -2.35. The van der Waals surface area contributed by atoms with Crippen molar-refractivity contribution in [2.45, 2.75) is 0 Å². The predicted octanol–water partition coefficient (Wildman–Crippen LogP) is 1.21. The first-order valence-electron chi connectivity index (χ1n) is 8.46. The van der Waals surface area contributed by atoms with Crippen molar-refractivity contribution in [2.75, 3.05) is 36.4 Å². The van der Waals surface area contributed by atoms with E-state index >= 15 is 0 Å². The van der Waals surface area contributed by atoms with Crippen molar-refractivity contribution < 1.29 is 18.8 Å². The molecule has 1 aliphatic heterocycles. The molecule has 1 fully saturated rings. The van der Waals surface area contributed by atoms with Crippen LogP contribution in [0.5, 0.6) is 0 Å². The molecule has 0 spiro atoms. The van der Waals surface area contributed by atoms with Gasteiger partial charge < -0.3 is 20.9 Å². The Morgan fingerprint density at radius 3 is 2.22 bits per heavy atom. The Bertz CT molecular complexity index is 879. The minimum Gasteiger partial charge on any atom is -0.366 e. The Hall–Kier alpha value is -3.42. The monoisotopic (exact) mass is 370 g/mol. The summed E-state index contributed by atoms with van der Waals surface area (Å²) in [5, 5.41) is 2.44. The summed E-state index contributed by atoms with van der Waals surface area (Å²) in [7, 11) is 0. The molecule has 1 saturated heterocycles. The zero-order valence-corrected chi connectivity index (χ0v) is 14.5. The smallest absolute Gasteiger partial charge is 0.313 e. The van der Waals surface area contributed by atoms with Crippen LogP contribution in [0.3, 0.4) is 0 Å². The summed E-state index contributed by atoms with van der Waals surface area (Å²) in [6, 6.07) is 12.6. The van der Waals surface area contributed by atoms with Crippen molar-refractivity contribution in [3.63, 3.8) is 0 Å². The average molecular weight is 370 g/mol. The molecule has 3 amide bonds. The Morgan fingerprint density at radius 1 is 0.926 bits per heavy atom. The van der Waals surface area contributed by atoms with Crippen molar-refractivity contribution in [1.82, 2.24) is 4.90 Å². The molecule has 3 rings (SSSR count). The van der Waals surface area contributed by atoms with E-state index in [1.165, 1.54) is 23.1 Å². The number of primary amides is 1. The molecule has 0 atom stereocenters. The number of para-hydroxylation sites is 2. The van der Waals surface area contributed by atoms with Gasteiger partial charge in [0.1, 0.15) is 5.82 Å². The fourth-order valence-corrected chi connectivity index (χ4v) is 2.98. The summed E-state index contributed by atoms with van der Waals surface area (Å²) in [5.41, 5.74) is 6.06. The molecule has 0 saturated carbocycles. The summed E-state index contributed by atoms with van der Waals surface area (Å²) in [4.78, 5) is 39.3. The van der Waals surface area contributed by atoms with Crippen molar-refractivity contribution in [3.8, 4) is 0 Å². The van der Waals surface area contributed by atoms with Gasteiger partial charge in [0.25, 0.3) is 5.91 Å². The van der Waals surface area contributed by atoms with Crippen LogP contribution in [0.2, 0.25) is 0 Å². The lowest BCUT2D eigenvalue weighted by Crippen LogP contribution is -2.51. The zero-order valence-electron chi connectivity index (χ0n) is 14.5. The SMILES string of the molecule is NC(=O)c1ccccc1NC(=O)C(=O)N1CCN(c2ccccc2F)CC1. The molecule has 3 N–H and O–H groups in total. The van der Waals surface area contributed by atoms with Crippen LogP contribution < -0.4 is 16.0 Å². The van der Waals surface area contributed by atoms with E-state index in [2.05, 4.69) is 5.32 Å². The number of nitrogens with two attached hydrogens (primary N) is 1. The Morgan fingerprint density at radius 2 is 1.56 bits per heavy atom. The number of piperazine rings is 1. The quantitative estimate of drug-likeness (QED) is 0.794. The van der Waals surface area contributed by atoms with Gasteiger partial charge >= 0.3 is 11.8 Å². The lowest BCUT2D eigenvalue weighted by molar-refractivity contribution is -0.143. The van der Waals surface area contributed by atoms with Crippen LogP contribution in [0.15, 0.2) is 48.5 Å². The summed E-state index contributed by atoms with van der Waals surface area (Å²) >= 11 is 0. The highest BCUT2D eigenvalue weighted by molar-refractivity contribution is 6.39. The molecule has 8 heteroatoms. The maximum Gasteiger partial charge on any atom is 0.313 e. The number of halogens is 1. The molecule has 1 aliphatic rings. The van der Waals surface area contributed by atoms with E-state index in [0.717, 1.165) is 0 Å². The van der Waals surface area contributed by atoms with Crippen LogP contribution in [0, 0.1) is 5.82 Å². The number of carbonyl (C=O) groups excluding carboxylic acids is 3. The molecular formula is C19H19FN4O3. The molecular weight excluding hydrogens is 351 g/mol. The summed E-state index contributed by atoms with van der Waals surface area (Å²) in [5.74, 6) is -2.57. The van der Waals surface area contributed by atoms with Gasteiger partial charge in [-0.25, -0.2) is 4.39 Å². The molecule has 7 nitrogen and oxygen atoms in total. The van der Waals surface area contributed by atoms with E-state index in [0.29, 0.717) is 18.8 Å². The molecule has 0 aliphatic carbocycles. The molecule has 1 heterocycles. The number of benzene rings is 2. The first kappa shape index (κ1) is 18.4. The second-order valence-corrected chi connectivity index (χ2v) is 6.09. The first-order chi connectivity index (χ1) is 13.0. The first-order valence-corrected chi connectivity index (χ1v) is 8.46. The number of anilines is 2. The van der Waals surface area contributed by atoms with E-state index in [1.54, 1.807) is 30.3 Å². The number of hydrogen-bond donors (Lipinski definition) is 2. The average Bonchev–Trinajstić information content (AvgIpc) is 2.68. The van der Waals surface area contributed by atoms with Gasteiger partial charge in [-0.3, -0.25) is 14.4 Å². The zero-order chi connectivity index (χ0) is 19.4.